The van der Waals surface area contributed by atoms with Crippen molar-refractivity contribution in [3.63, 3.8) is 0 Å². The summed E-state index contributed by atoms with van der Waals surface area (Å²) in [4.78, 5) is 0. The Labute approximate surface area is 141 Å². The van der Waals surface area contributed by atoms with Crippen LogP contribution in [0.2, 0.25) is 0 Å². The second-order valence-electron chi connectivity index (χ2n) is 4.47. The van der Waals surface area contributed by atoms with Crippen molar-refractivity contribution in [2.45, 2.75) is 39.5 Å². The number of rotatable bonds is 4. The molecule has 0 unspecified atom stereocenters. The van der Waals surface area contributed by atoms with Gasteiger partial charge in [-0.3, -0.25) is 0 Å². The van der Waals surface area contributed by atoms with Crippen molar-refractivity contribution in [3.05, 3.63) is 71.8 Å². The van der Waals surface area contributed by atoms with Crippen molar-refractivity contribution in [1.82, 2.24) is 6.15 Å². The summed E-state index contributed by atoms with van der Waals surface area (Å²) in [5, 5.41) is 0. The number of hydrogen-bond acceptors (Lipinski definition) is 1. The van der Waals surface area contributed by atoms with Gasteiger partial charge >= 0.3 is 0 Å². The zero-order valence-corrected chi connectivity index (χ0v) is 15.0. The molecule has 1 nitrogen and oxygen atoms in total. The van der Waals surface area contributed by atoms with E-state index in [0.29, 0.717) is 0 Å². The second-order valence-corrected chi connectivity index (χ2v) is 4.47. The van der Waals surface area contributed by atoms with Crippen LogP contribution in [0.5, 0.6) is 0 Å². The summed E-state index contributed by atoms with van der Waals surface area (Å²) in [7, 11) is 0. The van der Waals surface area contributed by atoms with E-state index in [0.717, 1.165) is 12.8 Å². The summed E-state index contributed by atoms with van der Waals surface area (Å²) in [6, 6.07) is 21.2. The topological polar surface area (TPSA) is 35.0 Å². The van der Waals surface area contributed by atoms with Crippen LogP contribution in [0.1, 0.15) is 37.8 Å². The summed E-state index contributed by atoms with van der Waals surface area (Å²) < 4.78 is 0. The third-order valence-electron chi connectivity index (χ3n) is 2.89. The smallest absolute Gasteiger partial charge is 0.0238 e. The van der Waals surface area contributed by atoms with Gasteiger partial charge in [-0.15, -0.1) is 24.0 Å². The van der Waals surface area contributed by atoms with Gasteiger partial charge in [-0.1, -0.05) is 87.4 Å². The van der Waals surface area contributed by atoms with E-state index in [1.165, 1.54) is 24.0 Å². The van der Waals surface area contributed by atoms with Gasteiger partial charge < -0.3 is 6.15 Å². The van der Waals surface area contributed by atoms with Crippen molar-refractivity contribution >= 4 is 24.0 Å². The van der Waals surface area contributed by atoms with Crippen LogP contribution < -0.4 is 6.15 Å². The van der Waals surface area contributed by atoms with Gasteiger partial charge in [0.05, 0.1) is 0 Å². The van der Waals surface area contributed by atoms with Crippen molar-refractivity contribution in [2.75, 3.05) is 0 Å². The Morgan fingerprint density at radius 1 is 0.600 bits per heavy atom. The van der Waals surface area contributed by atoms with Gasteiger partial charge in [0.2, 0.25) is 0 Å². The van der Waals surface area contributed by atoms with Gasteiger partial charge in [0.25, 0.3) is 0 Å². The maximum absolute atomic E-state index is 2.18. The Balaban J connectivity index is 0. The van der Waals surface area contributed by atoms with E-state index in [9.17, 15) is 0 Å². The van der Waals surface area contributed by atoms with E-state index in [-0.39, 0.29) is 30.1 Å². The highest BCUT2D eigenvalue weighted by atomic mass is 127. The lowest BCUT2D eigenvalue weighted by molar-refractivity contribution is 0.886. The first kappa shape index (κ1) is 21.4. The van der Waals surface area contributed by atoms with Crippen LogP contribution in [-0.2, 0) is 12.8 Å². The second kappa shape index (κ2) is 14.5. The molecular formula is C18H28IN. The van der Waals surface area contributed by atoms with E-state index in [4.69, 9.17) is 0 Å². The maximum Gasteiger partial charge on any atom is -0.0238 e. The summed E-state index contributed by atoms with van der Waals surface area (Å²) >= 11 is 0. The Morgan fingerprint density at radius 3 is 1.15 bits per heavy atom. The molecule has 2 heteroatoms. The highest BCUT2D eigenvalue weighted by Gasteiger charge is 1.93. The average Bonchev–Trinajstić information content (AvgIpc) is 2.47. The Morgan fingerprint density at radius 2 is 0.900 bits per heavy atom. The molecule has 0 aliphatic heterocycles. The van der Waals surface area contributed by atoms with Gasteiger partial charge in [-0.2, -0.15) is 0 Å². The van der Waals surface area contributed by atoms with E-state index in [1.807, 2.05) is 0 Å². The summed E-state index contributed by atoms with van der Waals surface area (Å²) in [6.07, 6.45) is 4.90. The van der Waals surface area contributed by atoms with Gasteiger partial charge in [-0.25, -0.2) is 0 Å². The lowest BCUT2D eigenvalue weighted by Crippen LogP contribution is -1.89. The van der Waals surface area contributed by atoms with Crippen LogP contribution in [0.15, 0.2) is 60.7 Å². The molecule has 0 amide bonds. The Kier molecular flexibility index (Phi) is 15.6. The third kappa shape index (κ3) is 9.98. The SMILES string of the molecule is CCCC.I.N.c1ccc(CCc2ccccc2)cc1. The van der Waals surface area contributed by atoms with Crippen molar-refractivity contribution < 1.29 is 0 Å². The van der Waals surface area contributed by atoms with Gasteiger partial charge in [-0.05, 0) is 24.0 Å². The summed E-state index contributed by atoms with van der Waals surface area (Å²) in [5.74, 6) is 0. The van der Waals surface area contributed by atoms with Crippen LogP contribution in [0, 0.1) is 0 Å². The Bertz CT molecular complexity index is 359. The molecule has 0 fully saturated rings. The molecule has 20 heavy (non-hydrogen) atoms. The highest BCUT2D eigenvalue weighted by Crippen LogP contribution is 2.06. The normalized spacial score (nSPS) is 8.50. The molecule has 0 aliphatic rings. The molecule has 112 valence electrons. The highest BCUT2D eigenvalue weighted by molar-refractivity contribution is 14.0. The van der Waals surface area contributed by atoms with Gasteiger partial charge in [0.15, 0.2) is 0 Å². The van der Waals surface area contributed by atoms with Crippen molar-refractivity contribution in [2.24, 2.45) is 0 Å². The minimum Gasteiger partial charge on any atom is -0.344 e. The largest absolute Gasteiger partial charge is 0.344 e. The van der Waals surface area contributed by atoms with Crippen molar-refractivity contribution in [3.8, 4) is 0 Å². The van der Waals surface area contributed by atoms with E-state index < -0.39 is 0 Å². The zero-order chi connectivity index (χ0) is 13.1. The average molecular weight is 385 g/mol. The predicted molar refractivity (Wildman–Crippen MR) is 101 cm³/mol. The first-order valence-electron chi connectivity index (χ1n) is 6.94. The van der Waals surface area contributed by atoms with Crippen LogP contribution in [0.25, 0.3) is 0 Å². The fourth-order valence-corrected chi connectivity index (χ4v) is 1.58. The molecule has 0 atom stereocenters. The number of unbranched alkanes of at least 4 members (excludes halogenated alkanes) is 1. The number of aryl methyl sites for hydroxylation is 2. The third-order valence-corrected chi connectivity index (χ3v) is 2.89. The van der Waals surface area contributed by atoms with Gasteiger partial charge in [0, 0.05) is 0 Å². The minimum absolute atomic E-state index is 0. The minimum atomic E-state index is 0. The van der Waals surface area contributed by atoms with Gasteiger partial charge in [0.1, 0.15) is 0 Å². The molecule has 0 spiro atoms. The fourth-order valence-electron chi connectivity index (χ4n) is 1.58. The molecule has 0 saturated carbocycles. The number of hydrogen-bond donors (Lipinski definition) is 1. The van der Waals surface area contributed by atoms with E-state index in [1.54, 1.807) is 0 Å². The van der Waals surface area contributed by atoms with E-state index >= 15 is 0 Å². The van der Waals surface area contributed by atoms with Crippen molar-refractivity contribution in [1.29, 1.82) is 0 Å². The molecule has 0 radical (unpaired) electrons. The molecule has 0 saturated heterocycles. The quantitative estimate of drug-likeness (QED) is 0.638. The summed E-state index contributed by atoms with van der Waals surface area (Å²) in [5.41, 5.74) is 2.83. The van der Waals surface area contributed by atoms with Crippen LogP contribution in [-0.4, -0.2) is 0 Å². The molecule has 3 N–H and O–H groups in total. The Hall–Kier alpha value is -0.870. The maximum atomic E-state index is 2.18. The van der Waals surface area contributed by atoms with Crippen LogP contribution >= 0.6 is 24.0 Å². The lowest BCUT2D eigenvalue weighted by Gasteiger charge is -2.01. The molecule has 2 aromatic rings. The van der Waals surface area contributed by atoms with E-state index in [2.05, 4.69) is 74.5 Å². The van der Waals surface area contributed by atoms with Crippen LogP contribution in [0.3, 0.4) is 0 Å². The molecule has 0 aromatic heterocycles. The molecule has 2 aromatic carbocycles. The molecule has 2 rings (SSSR count). The molecule has 0 aliphatic carbocycles. The molecule has 0 heterocycles. The number of halogens is 1. The molecule has 0 bridgehead atoms. The van der Waals surface area contributed by atoms with Crippen LogP contribution in [0.4, 0.5) is 0 Å². The molecular weight excluding hydrogens is 357 g/mol. The first-order valence-corrected chi connectivity index (χ1v) is 6.94. The summed E-state index contributed by atoms with van der Waals surface area (Å²) in [6.45, 7) is 4.36. The zero-order valence-electron chi connectivity index (χ0n) is 12.7. The first-order chi connectivity index (χ1) is 8.86. The standard InChI is InChI=1S/C14H14.C4H10.HI.H3N/c1-3-7-13(8-4-1)11-12-14-9-5-2-6-10-14;1-3-4-2;;/h1-10H,11-12H2;3-4H2,1-2H3;1H;1H3. The monoisotopic (exact) mass is 385 g/mol. The predicted octanol–water partition coefficient (Wildman–Crippen LogP) is 6.06. The fraction of sp³-hybridized carbons (Fsp3) is 0.333. The number of benzene rings is 2. The lowest BCUT2D eigenvalue weighted by atomic mass is 10.0.